The minimum Gasteiger partial charge on any atom is -0.326 e. The summed E-state index contributed by atoms with van der Waals surface area (Å²) >= 11 is 7.83. The minimum absolute atomic E-state index is 0.182. The van der Waals surface area contributed by atoms with E-state index in [4.69, 9.17) is 17.0 Å². The van der Waals surface area contributed by atoms with Gasteiger partial charge >= 0.3 is 0 Å². The van der Waals surface area contributed by atoms with Crippen molar-refractivity contribution in [2.45, 2.75) is 4.90 Å². The third-order valence-corrected chi connectivity index (χ3v) is 4.54. The molecule has 5 heteroatoms. The zero-order chi connectivity index (χ0) is 16.2. The van der Waals surface area contributed by atoms with Crippen LogP contribution in [0.3, 0.4) is 0 Å². The molecule has 3 nitrogen and oxygen atoms in total. The molecule has 0 spiro atoms. The molecular weight excluding hydrogens is 326 g/mol. The molecule has 0 atom stereocenters. The lowest BCUT2D eigenvalue weighted by atomic mass is 10.1. The fourth-order valence-corrected chi connectivity index (χ4v) is 2.97. The Kier molecular flexibility index (Phi) is 4.74. The van der Waals surface area contributed by atoms with E-state index in [1.165, 1.54) is 0 Å². The zero-order valence-electron chi connectivity index (χ0n) is 12.6. The van der Waals surface area contributed by atoms with Gasteiger partial charge in [-0.25, -0.2) is 0 Å². The molecule has 0 amide bonds. The molecule has 0 fully saturated rings. The summed E-state index contributed by atoms with van der Waals surface area (Å²) in [6.45, 7) is 0. The van der Waals surface area contributed by atoms with E-state index in [-0.39, 0.29) is 5.96 Å². The number of hydrogen-bond donors (Lipinski definition) is 3. The van der Waals surface area contributed by atoms with Crippen LogP contribution in [0, 0.1) is 5.41 Å². The summed E-state index contributed by atoms with van der Waals surface area (Å²) < 4.78 is 0. The van der Waals surface area contributed by atoms with Gasteiger partial charge in [0.1, 0.15) is 0 Å². The van der Waals surface area contributed by atoms with Crippen molar-refractivity contribution in [1.29, 1.82) is 5.41 Å². The zero-order valence-corrected chi connectivity index (χ0v) is 14.1. The molecule has 3 N–H and O–H groups in total. The molecule has 23 heavy (non-hydrogen) atoms. The fourth-order valence-electron chi connectivity index (χ4n) is 2.36. The number of rotatable bonds is 3. The van der Waals surface area contributed by atoms with Gasteiger partial charge in [-0.05, 0) is 35.9 Å². The van der Waals surface area contributed by atoms with E-state index in [0.29, 0.717) is 5.02 Å². The van der Waals surface area contributed by atoms with Crippen LogP contribution in [0.15, 0.2) is 65.6 Å². The maximum atomic E-state index is 8.18. The number of guanidine groups is 1. The first-order valence-electron chi connectivity index (χ1n) is 7.11. The predicted molar refractivity (Wildman–Crippen MR) is 102 cm³/mol. The van der Waals surface area contributed by atoms with Crippen molar-refractivity contribution in [2.24, 2.45) is 0 Å². The summed E-state index contributed by atoms with van der Waals surface area (Å²) in [5, 5.41) is 17.1. The average molecular weight is 342 g/mol. The fraction of sp³-hybridized carbons (Fsp3) is 0.0556. The minimum atomic E-state index is 0.182. The number of fused-ring (bicyclic) bond motifs is 1. The molecule has 0 aliphatic carbocycles. The van der Waals surface area contributed by atoms with Crippen LogP contribution in [-0.4, -0.2) is 12.2 Å². The second-order valence-electron chi connectivity index (χ2n) is 5.00. The summed E-state index contributed by atoms with van der Waals surface area (Å²) in [6, 6.07) is 19.8. The van der Waals surface area contributed by atoms with Crippen molar-refractivity contribution >= 4 is 51.5 Å². The highest BCUT2D eigenvalue weighted by Crippen LogP contribution is 2.28. The molecule has 0 unspecified atom stereocenters. The van der Waals surface area contributed by atoms with E-state index in [1.807, 2.05) is 54.8 Å². The van der Waals surface area contributed by atoms with Crippen LogP contribution in [0.1, 0.15) is 0 Å². The van der Waals surface area contributed by atoms with Crippen molar-refractivity contribution in [3.63, 3.8) is 0 Å². The van der Waals surface area contributed by atoms with Crippen molar-refractivity contribution in [3.8, 4) is 0 Å². The first kappa shape index (κ1) is 15.7. The smallest absolute Gasteiger partial charge is 0.197 e. The third kappa shape index (κ3) is 3.60. The van der Waals surface area contributed by atoms with E-state index in [1.54, 1.807) is 11.8 Å². The summed E-state index contributed by atoms with van der Waals surface area (Å²) in [5.74, 6) is 0.182. The second-order valence-corrected chi connectivity index (χ2v) is 6.28. The molecule has 0 aliphatic heterocycles. The maximum Gasteiger partial charge on any atom is 0.197 e. The highest BCUT2D eigenvalue weighted by Gasteiger charge is 2.06. The number of nitrogens with one attached hydrogen (secondary N) is 3. The van der Waals surface area contributed by atoms with Gasteiger partial charge in [0.2, 0.25) is 0 Å². The highest BCUT2D eigenvalue weighted by molar-refractivity contribution is 7.98. The monoisotopic (exact) mass is 341 g/mol. The van der Waals surface area contributed by atoms with E-state index in [2.05, 4.69) is 22.8 Å². The van der Waals surface area contributed by atoms with Crippen molar-refractivity contribution in [2.75, 3.05) is 16.9 Å². The Morgan fingerprint density at radius 2 is 1.70 bits per heavy atom. The molecule has 116 valence electrons. The largest absolute Gasteiger partial charge is 0.326 e. The lowest BCUT2D eigenvalue weighted by molar-refractivity contribution is 1.41. The van der Waals surface area contributed by atoms with Gasteiger partial charge in [-0.2, -0.15) is 0 Å². The molecule has 3 rings (SSSR count). The molecule has 0 bridgehead atoms. The van der Waals surface area contributed by atoms with Gasteiger partial charge in [0.15, 0.2) is 5.96 Å². The SMILES string of the molecule is CSc1ccc(Cl)c(NC(=N)Nc2cccc3ccccc23)c1. The molecule has 0 saturated heterocycles. The number of halogens is 1. The quantitative estimate of drug-likeness (QED) is 0.326. The molecular formula is C18H16ClN3S. The molecule has 3 aromatic rings. The van der Waals surface area contributed by atoms with Crippen LogP contribution >= 0.6 is 23.4 Å². The van der Waals surface area contributed by atoms with Crippen molar-refractivity contribution < 1.29 is 0 Å². The van der Waals surface area contributed by atoms with Gasteiger partial charge in [0, 0.05) is 16.0 Å². The Labute approximate surface area is 144 Å². The van der Waals surface area contributed by atoms with E-state index in [9.17, 15) is 0 Å². The van der Waals surface area contributed by atoms with Crippen molar-refractivity contribution in [3.05, 3.63) is 65.7 Å². The van der Waals surface area contributed by atoms with Crippen molar-refractivity contribution in [1.82, 2.24) is 0 Å². The summed E-state index contributed by atoms with van der Waals surface area (Å²) in [6.07, 6.45) is 2.01. The van der Waals surface area contributed by atoms with Gasteiger partial charge in [-0.3, -0.25) is 5.41 Å². The van der Waals surface area contributed by atoms with Crippen LogP contribution in [-0.2, 0) is 0 Å². The van der Waals surface area contributed by atoms with E-state index >= 15 is 0 Å². The van der Waals surface area contributed by atoms with E-state index in [0.717, 1.165) is 27.0 Å². The predicted octanol–water partition coefficient (Wildman–Crippen LogP) is 5.67. The lowest BCUT2D eigenvalue weighted by Crippen LogP contribution is -2.20. The Hall–Kier alpha value is -2.17. The van der Waals surface area contributed by atoms with Crippen LogP contribution in [0.2, 0.25) is 5.02 Å². The maximum absolute atomic E-state index is 8.18. The van der Waals surface area contributed by atoms with Crippen LogP contribution < -0.4 is 10.6 Å². The Bertz CT molecular complexity index is 859. The average Bonchev–Trinajstić information content (AvgIpc) is 2.57. The second kappa shape index (κ2) is 6.94. The van der Waals surface area contributed by atoms with Gasteiger partial charge in [-0.1, -0.05) is 48.0 Å². The Balaban J connectivity index is 1.82. The van der Waals surface area contributed by atoms with Crippen LogP contribution in [0.25, 0.3) is 10.8 Å². The van der Waals surface area contributed by atoms with Gasteiger partial charge in [0.25, 0.3) is 0 Å². The Morgan fingerprint density at radius 1 is 0.957 bits per heavy atom. The lowest BCUT2D eigenvalue weighted by Gasteiger charge is -2.14. The van der Waals surface area contributed by atoms with Crippen LogP contribution in [0.5, 0.6) is 0 Å². The Morgan fingerprint density at radius 3 is 2.52 bits per heavy atom. The molecule has 0 radical (unpaired) electrons. The number of hydrogen-bond acceptors (Lipinski definition) is 2. The normalized spacial score (nSPS) is 10.5. The molecule has 0 heterocycles. The van der Waals surface area contributed by atoms with E-state index < -0.39 is 0 Å². The summed E-state index contributed by atoms with van der Waals surface area (Å²) in [7, 11) is 0. The number of anilines is 2. The van der Waals surface area contributed by atoms with Gasteiger partial charge in [-0.15, -0.1) is 11.8 Å². The molecule has 0 saturated carbocycles. The first-order chi connectivity index (χ1) is 11.2. The third-order valence-electron chi connectivity index (χ3n) is 3.48. The van der Waals surface area contributed by atoms with Gasteiger partial charge < -0.3 is 10.6 Å². The standard InChI is InChI=1S/C18H16ClN3S/c1-23-13-9-10-15(19)17(11-13)22-18(20)21-16-8-4-6-12-5-2-3-7-14(12)16/h2-11H,1H3,(H3,20,21,22). The molecule has 3 aromatic carbocycles. The topological polar surface area (TPSA) is 47.9 Å². The summed E-state index contributed by atoms with van der Waals surface area (Å²) in [5.41, 5.74) is 1.61. The molecule has 0 aliphatic rings. The van der Waals surface area contributed by atoms with Crippen LogP contribution in [0.4, 0.5) is 11.4 Å². The number of benzene rings is 3. The first-order valence-corrected chi connectivity index (χ1v) is 8.71. The summed E-state index contributed by atoms with van der Waals surface area (Å²) in [4.78, 5) is 1.09. The van der Waals surface area contributed by atoms with Gasteiger partial charge in [0.05, 0.1) is 10.7 Å². The number of thioether (sulfide) groups is 1. The highest BCUT2D eigenvalue weighted by atomic mass is 35.5. The molecule has 0 aromatic heterocycles.